The molecule has 0 aliphatic carbocycles. The molecule has 70 valence electrons. The normalized spacial score (nSPS) is 12.5. The lowest BCUT2D eigenvalue weighted by molar-refractivity contribution is 0.626. The fraction of sp³-hybridized carbons (Fsp3) is 0.222. The quantitative estimate of drug-likeness (QED) is 0.442. The minimum Gasteiger partial charge on any atom is -0.271 e. The lowest BCUT2D eigenvalue weighted by Crippen LogP contribution is -2.28. The molecule has 1 rings (SSSR count). The zero-order valence-corrected chi connectivity index (χ0v) is 8.17. The van der Waals surface area contributed by atoms with E-state index in [-0.39, 0.29) is 6.04 Å². The molecule has 1 heterocycles. The molecule has 1 aromatic heterocycles. The maximum atomic E-state index is 5.94. The minimum absolute atomic E-state index is 0.115. The SMILES string of the molecule is C=C(C)C(NN)c1ccncc1Cl. The van der Waals surface area contributed by atoms with Crippen LogP contribution in [0.3, 0.4) is 0 Å². The summed E-state index contributed by atoms with van der Waals surface area (Å²) in [6.07, 6.45) is 3.26. The third-order valence-electron chi connectivity index (χ3n) is 1.77. The summed E-state index contributed by atoms with van der Waals surface area (Å²) >= 11 is 5.94. The van der Waals surface area contributed by atoms with Crippen molar-refractivity contribution in [3.05, 3.63) is 41.2 Å². The fourth-order valence-electron chi connectivity index (χ4n) is 1.12. The molecule has 0 fully saturated rings. The number of rotatable bonds is 3. The van der Waals surface area contributed by atoms with Crippen molar-refractivity contribution in [1.82, 2.24) is 10.4 Å². The van der Waals surface area contributed by atoms with Crippen LogP contribution >= 0.6 is 11.6 Å². The van der Waals surface area contributed by atoms with Crippen molar-refractivity contribution in [2.75, 3.05) is 0 Å². The lowest BCUT2D eigenvalue weighted by atomic mass is 10.0. The van der Waals surface area contributed by atoms with E-state index in [2.05, 4.69) is 17.0 Å². The van der Waals surface area contributed by atoms with E-state index >= 15 is 0 Å². The van der Waals surface area contributed by atoms with Crippen LogP contribution in [0.15, 0.2) is 30.6 Å². The molecule has 1 aromatic rings. The fourth-order valence-corrected chi connectivity index (χ4v) is 1.35. The van der Waals surface area contributed by atoms with Crippen LogP contribution in [0.1, 0.15) is 18.5 Å². The summed E-state index contributed by atoms with van der Waals surface area (Å²) in [6, 6.07) is 1.71. The highest BCUT2D eigenvalue weighted by molar-refractivity contribution is 6.31. The van der Waals surface area contributed by atoms with E-state index in [1.54, 1.807) is 12.4 Å². The number of nitrogens with one attached hydrogen (secondary N) is 1. The van der Waals surface area contributed by atoms with Crippen LogP contribution in [0.25, 0.3) is 0 Å². The number of nitrogens with two attached hydrogens (primary N) is 1. The van der Waals surface area contributed by atoms with Crippen molar-refractivity contribution in [3.63, 3.8) is 0 Å². The Balaban J connectivity index is 3.04. The summed E-state index contributed by atoms with van der Waals surface area (Å²) in [7, 11) is 0. The first-order chi connectivity index (χ1) is 6.16. The Morgan fingerprint density at radius 2 is 2.46 bits per heavy atom. The van der Waals surface area contributed by atoms with E-state index in [4.69, 9.17) is 17.4 Å². The minimum atomic E-state index is -0.115. The molecule has 13 heavy (non-hydrogen) atoms. The second kappa shape index (κ2) is 4.37. The summed E-state index contributed by atoms with van der Waals surface area (Å²) in [5.41, 5.74) is 4.45. The number of hydrogen-bond acceptors (Lipinski definition) is 3. The molecule has 1 unspecified atom stereocenters. The Morgan fingerprint density at radius 3 is 2.92 bits per heavy atom. The first-order valence-electron chi connectivity index (χ1n) is 3.87. The Bertz CT molecular complexity index is 311. The molecule has 0 aromatic carbocycles. The smallest absolute Gasteiger partial charge is 0.0680 e. The van der Waals surface area contributed by atoms with Crippen molar-refractivity contribution >= 4 is 11.6 Å². The van der Waals surface area contributed by atoms with Gasteiger partial charge in [-0.3, -0.25) is 10.8 Å². The summed E-state index contributed by atoms with van der Waals surface area (Å²) in [5.74, 6) is 5.38. The van der Waals surface area contributed by atoms with Gasteiger partial charge in [0.1, 0.15) is 0 Å². The number of aromatic nitrogens is 1. The molecule has 0 saturated heterocycles. The van der Waals surface area contributed by atoms with E-state index in [0.717, 1.165) is 11.1 Å². The molecule has 3 N–H and O–H groups in total. The van der Waals surface area contributed by atoms with Crippen LogP contribution < -0.4 is 11.3 Å². The molecule has 0 spiro atoms. The number of halogens is 1. The van der Waals surface area contributed by atoms with Gasteiger partial charge in [0.05, 0.1) is 11.1 Å². The van der Waals surface area contributed by atoms with E-state index < -0.39 is 0 Å². The Hall–Kier alpha value is -0.900. The van der Waals surface area contributed by atoms with Gasteiger partial charge in [0.2, 0.25) is 0 Å². The number of hydrogen-bond donors (Lipinski definition) is 2. The maximum Gasteiger partial charge on any atom is 0.0680 e. The summed E-state index contributed by atoms with van der Waals surface area (Å²) in [4.78, 5) is 3.89. The molecule has 1 atom stereocenters. The second-order valence-corrected chi connectivity index (χ2v) is 3.25. The van der Waals surface area contributed by atoms with Crippen molar-refractivity contribution < 1.29 is 0 Å². The molecule has 0 bridgehead atoms. The lowest BCUT2D eigenvalue weighted by Gasteiger charge is -2.16. The van der Waals surface area contributed by atoms with Gasteiger partial charge in [-0.15, -0.1) is 0 Å². The molecule has 0 aliphatic heterocycles. The predicted octanol–water partition coefficient (Wildman–Crippen LogP) is 1.82. The molecule has 0 radical (unpaired) electrons. The van der Waals surface area contributed by atoms with Crippen LogP contribution in [-0.2, 0) is 0 Å². The van der Waals surface area contributed by atoms with Crippen LogP contribution in [0, 0.1) is 0 Å². The van der Waals surface area contributed by atoms with Gasteiger partial charge in [0, 0.05) is 12.4 Å². The van der Waals surface area contributed by atoms with Crippen molar-refractivity contribution in [2.24, 2.45) is 5.84 Å². The van der Waals surface area contributed by atoms with Crippen molar-refractivity contribution in [3.8, 4) is 0 Å². The average molecular weight is 198 g/mol. The van der Waals surface area contributed by atoms with E-state index in [0.29, 0.717) is 5.02 Å². The predicted molar refractivity (Wildman–Crippen MR) is 54.1 cm³/mol. The van der Waals surface area contributed by atoms with Crippen LogP contribution in [0.4, 0.5) is 0 Å². The largest absolute Gasteiger partial charge is 0.271 e. The number of pyridine rings is 1. The highest BCUT2D eigenvalue weighted by Gasteiger charge is 2.12. The van der Waals surface area contributed by atoms with Gasteiger partial charge in [0.25, 0.3) is 0 Å². The first kappa shape index (κ1) is 10.2. The average Bonchev–Trinajstić information content (AvgIpc) is 2.09. The Morgan fingerprint density at radius 1 is 1.77 bits per heavy atom. The molecule has 0 saturated carbocycles. The Kier molecular flexibility index (Phi) is 3.42. The van der Waals surface area contributed by atoms with Crippen LogP contribution in [0.5, 0.6) is 0 Å². The highest BCUT2D eigenvalue weighted by atomic mass is 35.5. The topological polar surface area (TPSA) is 50.9 Å². The van der Waals surface area contributed by atoms with Gasteiger partial charge >= 0.3 is 0 Å². The molecule has 0 amide bonds. The monoisotopic (exact) mass is 197 g/mol. The molecule has 3 nitrogen and oxygen atoms in total. The molecular formula is C9H12ClN3. The zero-order valence-electron chi connectivity index (χ0n) is 7.42. The molecular weight excluding hydrogens is 186 g/mol. The number of hydrazine groups is 1. The highest BCUT2D eigenvalue weighted by Crippen LogP contribution is 2.25. The first-order valence-corrected chi connectivity index (χ1v) is 4.25. The molecule has 0 aliphatic rings. The van der Waals surface area contributed by atoms with Gasteiger partial charge in [0.15, 0.2) is 0 Å². The second-order valence-electron chi connectivity index (χ2n) is 2.84. The third-order valence-corrected chi connectivity index (χ3v) is 2.09. The van der Waals surface area contributed by atoms with E-state index in [1.165, 1.54) is 0 Å². The van der Waals surface area contributed by atoms with E-state index in [1.807, 2.05) is 13.0 Å². The van der Waals surface area contributed by atoms with Crippen molar-refractivity contribution in [1.29, 1.82) is 0 Å². The molecule has 4 heteroatoms. The van der Waals surface area contributed by atoms with Gasteiger partial charge in [-0.25, -0.2) is 5.43 Å². The van der Waals surface area contributed by atoms with E-state index in [9.17, 15) is 0 Å². The van der Waals surface area contributed by atoms with Crippen LogP contribution in [-0.4, -0.2) is 4.98 Å². The van der Waals surface area contributed by atoms with Crippen LogP contribution in [0.2, 0.25) is 5.02 Å². The summed E-state index contributed by atoms with van der Waals surface area (Å²) in [6.45, 7) is 5.71. The number of nitrogens with zero attached hydrogens (tertiary/aromatic N) is 1. The summed E-state index contributed by atoms with van der Waals surface area (Å²) in [5, 5.41) is 0.591. The Labute approximate surface area is 82.6 Å². The van der Waals surface area contributed by atoms with Gasteiger partial charge in [-0.2, -0.15) is 0 Å². The van der Waals surface area contributed by atoms with Gasteiger partial charge < -0.3 is 0 Å². The zero-order chi connectivity index (χ0) is 9.84. The maximum absolute atomic E-state index is 5.94. The standard InChI is InChI=1S/C9H12ClN3/c1-6(2)9(13-11)7-3-4-12-5-8(7)10/h3-5,9,13H,1,11H2,2H3. The summed E-state index contributed by atoms with van der Waals surface area (Å²) < 4.78 is 0. The van der Waals surface area contributed by atoms with Gasteiger partial charge in [-0.05, 0) is 18.6 Å². The van der Waals surface area contributed by atoms with Crippen molar-refractivity contribution in [2.45, 2.75) is 13.0 Å². The third kappa shape index (κ3) is 2.28. The van der Waals surface area contributed by atoms with Gasteiger partial charge in [-0.1, -0.05) is 23.8 Å².